The monoisotopic (exact) mass is 298 g/mol. The molecule has 116 valence electrons. The molecule has 0 aromatic heterocycles. The van der Waals surface area contributed by atoms with Crippen LogP contribution >= 0.6 is 11.8 Å². The van der Waals surface area contributed by atoms with Gasteiger partial charge in [-0.25, -0.2) is 0 Å². The van der Waals surface area contributed by atoms with E-state index in [2.05, 4.69) is 6.92 Å². The summed E-state index contributed by atoms with van der Waals surface area (Å²) in [6, 6.07) is 0. The summed E-state index contributed by atoms with van der Waals surface area (Å²) in [4.78, 5) is 0. The minimum atomic E-state index is -0.0734. The fourth-order valence-corrected chi connectivity index (χ4v) is 6.00. The lowest BCUT2D eigenvalue weighted by atomic mass is 9.71. The predicted molar refractivity (Wildman–Crippen MR) is 85.1 cm³/mol. The molecule has 1 spiro atoms. The second-order valence-electron chi connectivity index (χ2n) is 7.28. The standard InChI is InChI=1S/C17H30O2S/c1-2-13-4-3-5-14(10-13)16(18)15-6-8-19-17(11-15)7-9-20-12-17/h13-16,18H,2-12H2,1H3. The minimum Gasteiger partial charge on any atom is -0.393 e. The van der Waals surface area contributed by atoms with Gasteiger partial charge in [-0.15, -0.1) is 0 Å². The number of ether oxygens (including phenoxy) is 1. The number of thioether (sulfide) groups is 1. The first kappa shape index (κ1) is 15.2. The van der Waals surface area contributed by atoms with Crippen molar-refractivity contribution < 1.29 is 9.84 Å². The third kappa shape index (κ3) is 3.20. The van der Waals surface area contributed by atoms with Crippen LogP contribution in [-0.4, -0.2) is 34.9 Å². The molecule has 2 nitrogen and oxygen atoms in total. The van der Waals surface area contributed by atoms with Gasteiger partial charge in [0.25, 0.3) is 0 Å². The number of rotatable bonds is 3. The van der Waals surface area contributed by atoms with Gasteiger partial charge in [0.2, 0.25) is 0 Å². The van der Waals surface area contributed by atoms with Crippen molar-refractivity contribution >= 4 is 11.8 Å². The molecule has 5 unspecified atom stereocenters. The molecule has 2 saturated heterocycles. The number of hydrogen-bond acceptors (Lipinski definition) is 3. The van der Waals surface area contributed by atoms with Crippen LogP contribution < -0.4 is 0 Å². The number of aliphatic hydroxyl groups excluding tert-OH is 1. The first-order valence-corrected chi connectivity index (χ1v) is 9.78. The van der Waals surface area contributed by atoms with E-state index in [0.717, 1.165) is 31.1 Å². The van der Waals surface area contributed by atoms with Crippen LogP contribution in [0.3, 0.4) is 0 Å². The van der Waals surface area contributed by atoms with Gasteiger partial charge in [0.15, 0.2) is 0 Å². The van der Waals surface area contributed by atoms with Crippen molar-refractivity contribution in [2.24, 2.45) is 17.8 Å². The maximum Gasteiger partial charge on any atom is 0.0783 e. The van der Waals surface area contributed by atoms with Gasteiger partial charge in [-0.2, -0.15) is 11.8 Å². The van der Waals surface area contributed by atoms with Crippen LogP contribution in [0, 0.1) is 17.8 Å². The highest BCUT2D eigenvalue weighted by molar-refractivity contribution is 7.99. The summed E-state index contributed by atoms with van der Waals surface area (Å²) >= 11 is 2.03. The average Bonchev–Trinajstić information content (AvgIpc) is 2.94. The van der Waals surface area contributed by atoms with E-state index in [1.165, 1.54) is 44.3 Å². The fourth-order valence-electron chi connectivity index (χ4n) is 4.62. The fraction of sp³-hybridized carbons (Fsp3) is 1.00. The summed E-state index contributed by atoms with van der Waals surface area (Å²) < 4.78 is 6.10. The lowest BCUT2D eigenvalue weighted by Gasteiger charge is -2.42. The van der Waals surface area contributed by atoms with Crippen molar-refractivity contribution in [2.75, 3.05) is 18.1 Å². The molecule has 3 aliphatic rings. The molecule has 1 saturated carbocycles. The Balaban J connectivity index is 1.59. The average molecular weight is 298 g/mol. The maximum atomic E-state index is 10.9. The van der Waals surface area contributed by atoms with E-state index in [0.29, 0.717) is 11.8 Å². The van der Waals surface area contributed by atoms with E-state index < -0.39 is 0 Å². The van der Waals surface area contributed by atoms with E-state index in [4.69, 9.17) is 4.74 Å². The summed E-state index contributed by atoms with van der Waals surface area (Å²) in [7, 11) is 0. The van der Waals surface area contributed by atoms with Gasteiger partial charge in [0.1, 0.15) is 0 Å². The van der Waals surface area contributed by atoms with Crippen molar-refractivity contribution in [3.8, 4) is 0 Å². The zero-order valence-electron chi connectivity index (χ0n) is 12.9. The van der Waals surface area contributed by atoms with Crippen LogP contribution in [-0.2, 0) is 4.74 Å². The largest absolute Gasteiger partial charge is 0.393 e. The van der Waals surface area contributed by atoms with Crippen LogP contribution in [0.2, 0.25) is 0 Å². The van der Waals surface area contributed by atoms with E-state index in [-0.39, 0.29) is 11.7 Å². The van der Waals surface area contributed by atoms with Gasteiger partial charge in [-0.3, -0.25) is 0 Å². The molecule has 1 N–H and O–H groups in total. The SMILES string of the molecule is CCC1CCCC(C(O)C2CCOC3(CCSC3)C2)C1. The highest BCUT2D eigenvalue weighted by Crippen LogP contribution is 2.44. The second-order valence-corrected chi connectivity index (χ2v) is 8.38. The predicted octanol–water partition coefficient (Wildman–Crippen LogP) is 3.87. The molecular weight excluding hydrogens is 268 g/mol. The minimum absolute atomic E-state index is 0.0734. The summed E-state index contributed by atoms with van der Waals surface area (Å²) in [6.07, 6.45) is 9.80. The summed E-state index contributed by atoms with van der Waals surface area (Å²) in [5, 5.41) is 10.9. The first-order valence-electron chi connectivity index (χ1n) is 8.62. The van der Waals surface area contributed by atoms with Crippen LogP contribution in [0.4, 0.5) is 0 Å². The smallest absolute Gasteiger partial charge is 0.0783 e. The summed E-state index contributed by atoms with van der Waals surface area (Å²) in [5.41, 5.74) is 0.118. The Labute approximate surface area is 128 Å². The summed E-state index contributed by atoms with van der Waals surface area (Å²) in [5.74, 6) is 4.30. The van der Waals surface area contributed by atoms with Gasteiger partial charge in [-0.05, 0) is 55.6 Å². The van der Waals surface area contributed by atoms with Crippen molar-refractivity contribution in [1.82, 2.24) is 0 Å². The van der Waals surface area contributed by atoms with E-state index in [1.54, 1.807) is 0 Å². The molecule has 2 heterocycles. The molecule has 1 aliphatic carbocycles. The third-order valence-electron chi connectivity index (χ3n) is 5.96. The highest BCUT2D eigenvalue weighted by atomic mass is 32.2. The molecule has 3 heteroatoms. The maximum absolute atomic E-state index is 10.9. The molecular formula is C17H30O2S. The molecule has 0 amide bonds. The van der Waals surface area contributed by atoms with E-state index in [1.807, 2.05) is 11.8 Å². The topological polar surface area (TPSA) is 29.5 Å². The second kappa shape index (κ2) is 6.58. The molecule has 20 heavy (non-hydrogen) atoms. The van der Waals surface area contributed by atoms with Crippen LogP contribution in [0.15, 0.2) is 0 Å². The normalized spacial score (nSPS) is 43.8. The molecule has 3 fully saturated rings. The zero-order chi connectivity index (χ0) is 14.0. The Morgan fingerprint density at radius 1 is 1.30 bits per heavy atom. The molecule has 0 radical (unpaired) electrons. The van der Waals surface area contributed by atoms with E-state index >= 15 is 0 Å². The zero-order valence-corrected chi connectivity index (χ0v) is 13.7. The van der Waals surface area contributed by atoms with Crippen molar-refractivity contribution in [1.29, 1.82) is 0 Å². The molecule has 5 atom stereocenters. The Hall–Kier alpha value is 0.270. The Bertz CT molecular complexity index is 314. The Morgan fingerprint density at radius 2 is 2.20 bits per heavy atom. The van der Waals surface area contributed by atoms with Crippen molar-refractivity contribution in [3.05, 3.63) is 0 Å². The quantitative estimate of drug-likeness (QED) is 0.858. The molecule has 2 aliphatic heterocycles. The van der Waals surface area contributed by atoms with Gasteiger partial charge in [0, 0.05) is 12.4 Å². The number of hydrogen-bond donors (Lipinski definition) is 1. The molecule has 0 aromatic rings. The lowest BCUT2D eigenvalue weighted by molar-refractivity contribution is -0.112. The first-order chi connectivity index (χ1) is 9.72. The van der Waals surface area contributed by atoms with Crippen LogP contribution in [0.25, 0.3) is 0 Å². The van der Waals surface area contributed by atoms with E-state index in [9.17, 15) is 5.11 Å². The number of aliphatic hydroxyl groups is 1. The molecule has 3 rings (SSSR count). The van der Waals surface area contributed by atoms with Gasteiger partial charge < -0.3 is 9.84 Å². The molecule has 0 bridgehead atoms. The summed E-state index contributed by atoms with van der Waals surface area (Å²) in [6.45, 7) is 3.17. The van der Waals surface area contributed by atoms with Crippen LogP contribution in [0.1, 0.15) is 58.3 Å². The molecule has 0 aromatic carbocycles. The Morgan fingerprint density at radius 3 is 2.95 bits per heavy atom. The van der Waals surface area contributed by atoms with Crippen LogP contribution in [0.5, 0.6) is 0 Å². The Kier molecular flexibility index (Phi) is 4.99. The van der Waals surface area contributed by atoms with Crippen molar-refractivity contribution in [3.63, 3.8) is 0 Å². The third-order valence-corrected chi connectivity index (χ3v) is 7.19. The van der Waals surface area contributed by atoms with Gasteiger partial charge in [-0.1, -0.05) is 26.2 Å². The van der Waals surface area contributed by atoms with Crippen molar-refractivity contribution in [2.45, 2.75) is 70.0 Å². The highest BCUT2D eigenvalue weighted by Gasteiger charge is 2.43. The van der Waals surface area contributed by atoms with Gasteiger partial charge >= 0.3 is 0 Å². The lowest BCUT2D eigenvalue weighted by Crippen LogP contribution is -2.45. The van der Waals surface area contributed by atoms with Gasteiger partial charge in [0.05, 0.1) is 11.7 Å².